The molecule has 2 aromatic rings. The fraction of sp³-hybridized carbons (Fsp3) is 0.389. The summed E-state index contributed by atoms with van der Waals surface area (Å²) in [4.78, 5) is 31.4. The van der Waals surface area contributed by atoms with E-state index in [1.165, 1.54) is 4.57 Å². The summed E-state index contributed by atoms with van der Waals surface area (Å²) in [5, 5.41) is 0. The van der Waals surface area contributed by atoms with Gasteiger partial charge < -0.3 is 9.64 Å². The number of aryl methyl sites for hydroxylation is 1. The van der Waals surface area contributed by atoms with Gasteiger partial charge in [0.1, 0.15) is 18.2 Å². The molecule has 3 heterocycles. The van der Waals surface area contributed by atoms with Crippen LogP contribution >= 0.6 is 0 Å². The topological polar surface area (TPSA) is 64.4 Å². The minimum Gasteiger partial charge on any atom is -0.492 e. The first-order valence-corrected chi connectivity index (χ1v) is 8.09. The maximum Gasteiger partial charge on any atom is 0.258 e. The summed E-state index contributed by atoms with van der Waals surface area (Å²) >= 11 is 0. The number of rotatable bonds is 1. The van der Waals surface area contributed by atoms with E-state index in [2.05, 4.69) is 4.98 Å². The van der Waals surface area contributed by atoms with Crippen LogP contribution in [0.1, 0.15) is 22.6 Å². The molecule has 0 spiro atoms. The van der Waals surface area contributed by atoms with Crippen LogP contribution in [-0.2, 0) is 31.4 Å². The van der Waals surface area contributed by atoms with Crippen molar-refractivity contribution in [2.24, 2.45) is 13.0 Å². The summed E-state index contributed by atoms with van der Waals surface area (Å²) in [6.45, 7) is 2.93. The zero-order valence-electron chi connectivity index (χ0n) is 13.8. The van der Waals surface area contributed by atoms with Crippen LogP contribution in [0.25, 0.3) is 0 Å². The maximum absolute atomic E-state index is 12.9. The lowest BCUT2D eigenvalue weighted by molar-refractivity contribution is -0.137. The summed E-state index contributed by atoms with van der Waals surface area (Å²) in [6, 6.07) is 7.81. The van der Waals surface area contributed by atoms with Gasteiger partial charge in [-0.3, -0.25) is 14.2 Å². The zero-order chi connectivity index (χ0) is 16.8. The van der Waals surface area contributed by atoms with Crippen molar-refractivity contribution < 1.29 is 9.53 Å². The van der Waals surface area contributed by atoms with E-state index in [4.69, 9.17) is 4.74 Å². The molecule has 0 radical (unpaired) electrons. The summed E-state index contributed by atoms with van der Waals surface area (Å²) in [5.74, 6) is 1.35. The molecule has 0 N–H and O–H groups in total. The molecular formula is C18H19N3O3. The van der Waals surface area contributed by atoms with Gasteiger partial charge in [0.25, 0.3) is 5.56 Å². The van der Waals surface area contributed by atoms with Crippen molar-refractivity contribution in [3.05, 3.63) is 57.3 Å². The fourth-order valence-corrected chi connectivity index (χ4v) is 3.43. The Morgan fingerprint density at radius 3 is 2.92 bits per heavy atom. The number of carbonyl (C=O) groups is 1. The molecule has 0 fully saturated rings. The first-order valence-electron chi connectivity index (χ1n) is 8.09. The second-order valence-electron chi connectivity index (χ2n) is 6.46. The number of fused-ring (bicyclic) bond motifs is 2. The normalized spacial score (nSPS) is 18.8. The summed E-state index contributed by atoms with van der Waals surface area (Å²) < 4.78 is 7.26. The van der Waals surface area contributed by atoms with Gasteiger partial charge in [-0.1, -0.05) is 18.2 Å². The SMILES string of the molecule is Cc1nc2c(c(=O)n1C)CN(C(=O)[C@H]1COc3ccccc3C1)C2. The highest BCUT2D eigenvalue weighted by Crippen LogP contribution is 2.29. The molecule has 6 nitrogen and oxygen atoms in total. The van der Waals surface area contributed by atoms with Crippen LogP contribution in [-0.4, -0.2) is 27.0 Å². The van der Waals surface area contributed by atoms with Gasteiger partial charge in [-0.15, -0.1) is 0 Å². The Morgan fingerprint density at radius 2 is 2.08 bits per heavy atom. The highest BCUT2D eigenvalue weighted by molar-refractivity contribution is 5.80. The number of hydrogen-bond donors (Lipinski definition) is 0. The van der Waals surface area contributed by atoms with E-state index < -0.39 is 0 Å². The van der Waals surface area contributed by atoms with Gasteiger partial charge in [0, 0.05) is 7.05 Å². The summed E-state index contributed by atoms with van der Waals surface area (Å²) in [5.41, 5.74) is 2.36. The van der Waals surface area contributed by atoms with E-state index in [9.17, 15) is 9.59 Å². The third-order valence-electron chi connectivity index (χ3n) is 4.92. The molecule has 0 saturated carbocycles. The smallest absolute Gasteiger partial charge is 0.258 e. The van der Waals surface area contributed by atoms with E-state index in [1.54, 1.807) is 18.9 Å². The Hall–Kier alpha value is -2.63. The predicted octanol–water partition coefficient (Wildman–Crippen LogP) is 1.18. The van der Waals surface area contributed by atoms with Crippen molar-refractivity contribution in [2.45, 2.75) is 26.4 Å². The van der Waals surface area contributed by atoms with E-state index in [-0.39, 0.29) is 17.4 Å². The van der Waals surface area contributed by atoms with Crippen molar-refractivity contribution in [3.63, 3.8) is 0 Å². The van der Waals surface area contributed by atoms with E-state index in [0.717, 1.165) is 17.0 Å². The Kier molecular flexibility index (Phi) is 3.40. The second-order valence-corrected chi connectivity index (χ2v) is 6.46. The first kappa shape index (κ1) is 14.9. The molecule has 0 saturated heterocycles. The Labute approximate surface area is 139 Å². The van der Waals surface area contributed by atoms with Crippen molar-refractivity contribution >= 4 is 5.91 Å². The van der Waals surface area contributed by atoms with Crippen molar-refractivity contribution in [1.82, 2.24) is 14.5 Å². The average molecular weight is 325 g/mol. The fourth-order valence-electron chi connectivity index (χ4n) is 3.43. The quantitative estimate of drug-likeness (QED) is 0.790. The standard InChI is InChI=1S/C18H19N3O3/c1-11-19-15-9-21(8-14(15)18(23)20(11)2)17(22)13-7-12-5-3-4-6-16(12)24-10-13/h3-6,13H,7-10H2,1-2H3/t13-/m1/s1. The van der Waals surface area contributed by atoms with Gasteiger partial charge in [-0.25, -0.2) is 4.98 Å². The van der Waals surface area contributed by atoms with Crippen LogP contribution in [0.15, 0.2) is 29.1 Å². The third kappa shape index (κ3) is 2.29. The number of ether oxygens (including phenoxy) is 1. The molecule has 0 unspecified atom stereocenters. The van der Waals surface area contributed by atoms with Gasteiger partial charge in [-0.2, -0.15) is 0 Å². The molecule has 2 aliphatic heterocycles. The highest BCUT2D eigenvalue weighted by Gasteiger charge is 2.34. The molecule has 6 heteroatoms. The molecule has 24 heavy (non-hydrogen) atoms. The molecule has 1 amide bonds. The summed E-state index contributed by atoms with van der Waals surface area (Å²) in [6.07, 6.45) is 0.673. The minimum absolute atomic E-state index is 0.0298. The van der Waals surface area contributed by atoms with E-state index >= 15 is 0 Å². The lowest BCUT2D eigenvalue weighted by Gasteiger charge is -2.27. The van der Waals surface area contributed by atoms with Crippen LogP contribution in [0, 0.1) is 12.8 Å². The summed E-state index contributed by atoms with van der Waals surface area (Å²) in [7, 11) is 1.71. The van der Waals surface area contributed by atoms with Crippen molar-refractivity contribution in [2.75, 3.05) is 6.61 Å². The van der Waals surface area contributed by atoms with E-state index in [1.807, 2.05) is 24.3 Å². The largest absolute Gasteiger partial charge is 0.492 e. The number of benzene rings is 1. The van der Waals surface area contributed by atoms with Gasteiger partial charge in [0.05, 0.1) is 30.3 Å². The van der Waals surface area contributed by atoms with Gasteiger partial charge >= 0.3 is 0 Å². The van der Waals surface area contributed by atoms with Crippen LogP contribution in [0.2, 0.25) is 0 Å². The molecule has 0 aliphatic carbocycles. The number of aromatic nitrogens is 2. The van der Waals surface area contributed by atoms with Gasteiger partial charge in [0.2, 0.25) is 5.91 Å². The molecule has 1 atom stereocenters. The molecule has 1 aromatic carbocycles. The van der Waals surface area contributed by atoms with Gasteiger partial charge in [-0.05, 0) is 25.0 Å². The van der Waals surface area contributed by atoms with Gasteiger partial charge in [0.15, 0.2) is 0 Å². The molecule has 4 rings (SSSR count). The Bertz CT molecular complexity index is 888. The monoisotopic (exact) mass is 325 g/mol. The number of hydrogen-bond acceptors (Lipinski definition) is 4. The minimum atomic E-state index is -0.209. The van der Waals surface area contributed by atoms with Crippen LogP contribution < -0.4 is 10.3 Å². The number of amides is 1. The first-order chi connectivity index (χ1) is 11.5. The van der Waals surface area contributed by atoms with E-state index in [0.29, 0.717) is 37.5 Å². The van der Waals surface area contributed by atoms with Crippen molar-refractivity contribution in [1.29, 1.82) is 0 Å². The predicted molar refractivity (Wildman–Crippen MR) is 87.6 cm³/mol. The lowest BCUT2D eigenvalue weighted by atomic mass is 9.95. The molecule has 0 bridgehead atoms. The number of carbonyl (C=O) groups excluding carboxylic acids is 1. The number of nitrogens with zero attached hydrogens (tertiary/aromatic N) is 3. The third-order valence-corrected chi connectivity index (χ3v) is 4.92. The number of para-hydroxylation sites is 1. The van der Waals surface area contributed by atoms with Crippen LogP contribution in [0.4, 0.5) is 0 Å². The van der Waals surface area contributed by atoms with Crippen LogP contribution in [0.5, 0.6) is 5.75 Å². The molecular weight excluding hydrogens is 306 g/mol. The zero-order valence-corrected chi connectivity index (χ0v) is 13.8. The Morgan fingerprint density at radius 1 is 1.29 bits per heavy atom. The molecule has 1 aromatic heterocycles. The van der Waals surface area contributed by atoms with Crippen molar-refractivity contribution in [3.8, 4) is 5.75 Å². The lowest BCUT2D eigenvalue weighted by Crippen LogP contribution is -2.38. The van der Waals surface area contributed by atoms with Crippen LogP contribution in [0.3, 0.4) is 0 Å². The molecule has 124 valence electrons. The highest BCUT2D eigenvalue weighted by atomic mass is 16.5. The Balaban J connectivity index is 1.55. The molecule has 2 aliphatic rings. The second kappa shape index (κ2) is 5.47. The average Bonchev–Trinajstić information content (AvgIpc) is 3.02. The maximum atomic E-state index is 12.9.